The van der Waals surface area contributed by atoms with Gasteiger partial charge in [-0.05, 0) is 43.2 Å². The number of nitrogens with zero attached hydrogens (tertiary/aromatic N) is 1. The number of nitrogens with one attached hydrogen (secondary N) is 1. The molecule has 3 rings (SSSR count). The van der Waals surface area contributed by atoms with E-state index in [9.17, 15) is 13.2 Å². The number of amides is 1. The van der Waals surface area contributed by atoms with Crippen molar-refractivity contribution < 1.29 is 13.2 Å². The lowest BCUT2D eigenvalue weighted by Gasteiger charge is -2.30. The predicted octanol–water partition coefficient (Wildman–Crippen LogP) is 4.03. The molecule has 8 heteroatoms. The number of para-hydroxylation sites is 1. The third-order valence-electron chi connectivity index (χ3n) is 4.39. The van der Waals surface area contributed by atoms with Crippen LogP contribution in [0.2, 0.25) is 10.0 Å². The van der Waals surface area contributed by atoms with Gasteiger partial charge in [0.2, 0.25) is 15.9 Å². The molecule has 0 aromatic heterocycles. The topological polar surface area (TPSA) is 66.5 Å². The molecule has 0 unspecified atom stereocenters. The van der Waals surface area contributed by atoms with Gasteiger partial charge in [-0.1, -0.05) is 41.4 Å². The number of anilines is 1. The zero-order valence-corrected chi connectivity index (χ0v) is 16.2. The Balaban J connectivity index is 1.64. The van der Waals surface area contributed by atoms with Crippen LogP contribution >= 0.6 is 23.2 Å². The van der Waals surface area contributed by atoms with Gasteiger partial charge >= 0.3 is 0 Å². The van der Waals surface area contributed by atoms with Gasteiger partial charge in [-0.15, -0.1) is 0 Å². The number of sulfonamides is 1. The summed E-state index contributed by atoms with van der Waals surface area (Å²) in [6.45, 7) is 0.574. The molecule has 0 bridgehead atoms. The molecule has 138 valence electrons. The number of hydrogen-bond donors (Lipinski definition) is 1. The molecule has 2 aromatic carbocycles. The van der Waals surface area contributed by atoms with Crippen molar-refractivity contribution in [2.75, 3.05) is 18.4 Å². The maximum absolute atomic E-state index is 12.7. The van der Waals surface area contributed by atoms with E-state index in [2.05, 4.69) is 5.32 Å². The van der Waals surface area contributed by atoms with Crippen molar-refractivity contribution in [1.82, 2.24) is 4.31 Å². The largest absolute Gasteiger partial charge is 0.326 e. The fraction of sp³-hybridized carbons (Fsp3) is 0.278. The molecule has 1 saturated heterocycles. The molecule has 1 aliphatic rings. The summed E-state index contributed by atoms with van der Waals surface area (Å²) in [6, 6.07) is 13.5. The van der Waals surface area contributed by atoms with Crippen molar-refractivity contribution >= 4 is 44.8 Å². The summed E-state index contributed by atoms with van der Waals surface area (Å²) >= 11 is 11.8. The Hall–Kier alpha value is -1.60. The molecule has 5 nitrogen and oxygen atoms in total. The van der Waals surface area contributed by atoms with E-state index < -0.39 is 10.0 Å². The first kappa shape index (κ1) is 19.2. The lowest BCUT2D eigenvalue weighted by atomic mass is 9.97. The maximum atomic E-state index is 12.7. The Kier molecular flexibility index (Phi) is 5.87. The molecular weight excluding hydrogens is 395 g/mol. The second kappa shape index (κ2) is 7.96. The summed E-state index contributed by atoms with van der Waals surface area (Å²) in [5.74, 6) is -0.293. The molecule has 1 amide bonds. The van der Waals surface area contributed by atoms with Crippen LogP contribution in [0.1, 0.15) is 12.8 Å². The summed E-state index contributed by atoms with van der Waals surface area (Å²) in [5.41, 5.74) is 0.739. The highest BCUT2D eigenvalue weighted by molar-refractivity contribution is 7.89. The van der Waals surface area contributed by atoms with E-state index >= 15 is 0 Å². The SMILES string of the molecule is O=C(Nc1ccccc1)C1CCN(S(=O)(=O)c2ccc(Cl)c(Cl)c2)CC1. The molecule has 0 aliphatic carbocycles. The minimum absolute atomic E-state index is 0.0808. The Morgan fingerprint density at radius 1 is 1.00 bits per heavy atom. The van der Waals surface area contributed by atoms with E-state index in [0.717, 1.165) is 5.69 Å². The van der Waals surface area contributed by atoms with Crippen molar-refractivity contribution in [3.8, 4) is 0 Å². The normalized spacial score (nSPS) is 16.4. The number of piperidine rings is 1. The summed E-state index contributed by atoms with van der Waals surface area (Å²) in [4.78, 5) is 12.5. The molecule has 26 heavy (non-hydrogen) atoms. The van der Waals surface area contributed by atoms with E-state index in [4.69, 9.17) is 23.2 Å². The van der Waals surface area contributed by atoms with Crippen LogP contribution in [0, 0.1) is 5.92 Å². The van der Waals surface area contributed by atoms with E-state index in [1.807, 2.05) is 30.3 Å². The van der Waals surface area contributed by atoms with Crippen molar-refractivity contribution in [2.45, 2.75) is 17.7 Å². The average molecular weight is 413 g/mol. The molecule has 0 atom stereocenters. The third kappa shape index (κ3) is 4.20. The molecule has 1 aliphatic heterocycles. The highest BCUT2D eigenvalue weighted by Crippen LogP contribution is 2.29. The van der Waals surface area contributed by atoms with Crippen molar-refractivity contribution in [3.05, 3.63) is 58.6 Å². The second-order valence-electron chi connectivity index (χ2n) is 6.11. The zero-order valence-electron chi connectivity index (χ0n) is 13.9. The fourth-order valence-electron chi connectivity index (χ4n) is 2.91. The molecule has 0 radical (unpaired) electrons. The number of benzene rings is 2. The van der Waals surface area contributed by atoms with Crippen molar-refractivity contribution in [1.29, 1.82) is 0 Å². The highest BCUT2D eigenvalue weighted by atomic mass is 35.5. The van der Waals surface area contributed by atoms with Crippen LogP contribution in [0.25, 0.3) is 0 Å². The predicted molar refractivity (Wildman–Crippen MR) is 103 cm³/mol. The standard InChI is InChI=1S/C18H18Cl2N2O3S/c19-16-7-6-15(12-17(16)20)26(24,25)22-10-8-13(9-11-22)18(23)21-14-4-2-1-3-5-14/h1-7,12-13H,8-11H2,(H,21,23). The molecule has 1 heterocycles. The van der Waals surface area contributed by atoms with E-state index in [1.54, 1.807) is 0 Å². The molecule has 1 N–H and O–H groups in total. The molecular formula is C18H18Cl2N2O3S. The van der Waals surface area contributed by atoms with Gasteiger partial charge in [0.25, 0.3) is 0 Å². The third-order valence-corrected chi connectivity index (χ3v) is 7.03. The van der Waals surface area contributed by atoms with Crippen molar-refractivity contribution in [2.24, 2.45) is 5.92 Å². The Morgan fingerprint density at radius 3 is 2.27 bits per heavy atom. The van der Waals surface area contributed by atoms with E-state index in [0.29, 0.717) is 17.9 Å². The Labute approximate surface area is 163 Å². The first-order valence-corrected chi connectivity index (χ1v) is 10.4. The van der Waals surface area contributed by atoms with Crippen LogP contribution in [-0.4, -0.2) is 31.7 Å². The van der Waals surface area contributed by atoms with Gasteiger partial charge < -0.3 is 5.32 Å². The van der Waals surface area contributed by atoms with Gasteiger partial charge in [0.15, 0.2) is 0 Å². The quantitative estimate of drug-likeness (QED) is 0.823. The molecule has 1 fully saturated rings. The smallest absolute Gasteiger partial charge is 0.243 e. The maximum Gasteiger partial charge on any atom is 0.243 e. The number of carbonyl (C=O) groups is 1. The van der Waals surface area contributed by atoms with Crippen LogP contribution < -0.4 is 5.32 Å². The second-order valence-corrected chi connectivity index (χ2v) is 8.86. The van der Waals surface area contributed by atoms with Gasteiger partial charge in [-0.25, -0.2) is 8.42 Å². The van der Waals surface area contributed by atoms with Crippen LogP contribution in [0.5, 0.6) is 0 Å². The van der Waals surface area contributed by atoms with Gasteiger partial charge in [0.1, 0.15) is 0 Å². The van der Waals surface area contributed by atoms with E-state index in [-0.39, 0.29) is 34.8 Å². The minimum atomic E-state index is -3.65. The number of halogens is 2. The van der Waals surface area contributed by atoms with Gasteiger partial charge in [-0.3, -0.25) is 4.79 Å². The lowest BCUT2D eigenvalue weighted by molar-refractivity contribution is -0.120. The number of hydrogen-bond acceptors (Lipinski definition) is 3. The number of rotatable bonds is 4. The molecule has 0 saturated carbocycles. The molecule has 2 aromatic rings. The highest BCUT2D eigenvalue weighted by Gasteiger charge is 2.32. The first-order valence-electron chi connectivity index (χ1n) is 8.19. The van der Waals surface area contributed by atoms with E-state index in [1.165, 1.54) is 22.5 Å². The molecule has 0 spiro atoms. The summed E-state index contributed by atoms with van der Waals surface area (Å²) < 4.78 is 26.9. The minimum Gasteiger partial charge on any atom is -0.326 e. The van der Waals surface area contributed by atoms with Gasteiger partial charge in [0.05, 0.1) is 14.9 Å². The van der Waals surface area contributed by atoms with Crippen molar-refractivity contribution in [3.63, 3.8) is 0 Å². The summed E-state index contributed by atoms with van der Waals surface area (Å²) in [6.07, 6.45) is 0.943. The van der Waals surface area contributed by atoms with Gasteiger partial charge in [0, 0.05) is 24.7 Å². The Morgan fingerprint density at radius 2 is 1.65 bits per heavy atom. The fourth-order valence-corrected chi connectivity index (χ4v) is 4.77. The monoisotopic (exact) mass is 412 g/mol. The summed E-state index contributed by atoms with van der Waals surface area (Å²) in [7, 11) is -3.65. The number of carbonyl (C=O) groups excluding carboxylic acids is 1. The first-order chi connectivity index (χ1) is 12.4. The average Bonchev–Trinajstić information content (AvgIpc) is 2.65. The van der Waals surface area contributed by atoms with Crippen LogP contribution in [0.15, 0.2) is 53.4 Å². The Bertz CT molecular complexity index is 896. The van der Waals surface area contributed by atoms with Crippen LogP contribution in [-0.2, 0) is 14.8 Å². The van der Waals surface area contributed by atoms with Crippen LogP contribution in [0.4, 0.5) is 5.69 Å². The summed E-state index contributed by atoms with van der Waals surface area (Å²) in [5, 5.41) is 3.38. The van der Waals surface area contributed by atoms with Gasteiger partial charge in [-0.2, -0.15) is 4.31 Å². The van der Waals surface area contributed by atoms with Crippen LogP contribution in [0.3, 0.4) is 0 Å². The lowest BCUT2D eigenvalue weighted by Crippen LogP contribution is -2.41. The zero-order chi connectivity index (χ0) is 18.7.